The van der Waals surface area contributed by atoms with Crippen molar-refractivity contribution in [2.45, 2.75) is 27.2 Å². The summed E-state index contributed by atoms with van der Waals surface area (Å²) in [4.78, 5) is 4.41. The van der Waals surface area contributed by atoms with E-state index in [2.05, 4.69) is 20.9 Å². The molecule has 80 valence electrons. The van der Waals surface area contributed by atoms with Crippen LogP contribution in [0.3, 0.4) is 0 Å². The van der Waals surface area contributed by atoms with Crippen LogP contribution in [0.4, 0.5) is 4.39 Å². The summed E-state index contributed by atoms with van der Waals surface area (Å²) in [5.41, 5.74) is 2.90. The molecule has 0 unspecified atom stereocenters. The molecule has 15 heavy (non-hydrogen) atoms. The van der Waals surface area contributed by atoms with E-state index in [1.165, 1.54) is 0 Å². The van der Waals surface area contributed by atoms with Gasteiger partial charge in [-0.3, -0.25) is 4.40 Å². The topological polar surface area (TPSA) is 17.3 Å². The summed E-state index contributed by atoms with van der Waals surface area (Å²) < 4.78 is 16.5. The Kier molecular flexibility index (Phi) is 2.54. The molecule has 0 aliphatic rings. The highest BCUT2D eigenvalue weighted by Crippen LogP contribution is 2.24. The zero-order valence-corrected chi connectivity index (χ0v) is 10.5. The normalized spacial score (nSPS) is 11.3. The van der Waals surface area contributed by atoms with Gasteiger partial charge in [0.25, 0.3) is 0 Å². The van der Waals surface area contributed by atoms with Gasteiger partial charge in [0.2, 0.25) is 0 Å². The Bertz CT molecular complexity index is 531. The van der Waals surface area contributed by atoms with E-state index in [0.717, 1.165) is 16.7 Å². The van der Waals surface area contributed by atoms with Crippen molar-refractivity contribution >= 4 is 21.6 Å². The number of hydrogen-bond acceptors (Lipinski definition) is 1. The molecule has 0 fully saturated rings. The van der Waals surface area contributed by atoms with Crippen LogP contribution in [0.5, 0.6) is 0 Å². The Balaban J connectivity index is 2.89. The molecule has 2 rings (SSSR count). The first-order valence-electron chi connectivity index (χ1n) is 4.88. The maximum atomic E-state index is 13.6. The average Bonchev–Trinajstić information content (AvgIpc) is 2.53. The minimum Gasteiger partial charge on any atom is -0.293 e. The van der Waals surface area contributed by atoms with Crippen LogP contribution in [-0.2, 0) is 6.42 Å². The Morgan fingerprint density at radius 3 is 2.73 bits per heavy atom. The molecule has 0 spiro atoms. The molecular formula is C11H12BrFN2. The van der Waals surface area contributed by atoms with Crippen molar-refractivity contribution in [3.8, 4) is 0 Å². The second-order valence-corrected chi connectivity index (χ2v) is 4.40. The van der Waals surface area contributed by atoms with E-state index in [1.54, 1.807) is 20.0 Å². The van der Waals surface area contributed by atoms with Gasteiger partial charge in [0, 0.05) is 17.3 Å². The Morgan fingerprint density at radius 2 is 2.13 bits per heavy atom. The number of imidazole rings is 1. The van der Waals surface area contributed by atoms with E-state index in [9.17, 15) is 4.39 Å². The van der Waals surface area contributed by atoms with E-state index in [4.69, 9.17) is 0 Å². The number of hydrogen-bond donors (Lipinski definition) is 0. The number of aromatic nitrogens is 2. The van der Waals surface area contributed by atoms with E-state index in [1.807, 2.05) is 11.3 Å². The number of rotatable bonds is 1. The number of fused-ring (bicyclic) bond motifs is 1. The molecule has 0 aromatic carbocycles. The highest BCUT2D eigenvalue weighted by Gasteiger charge is 2.14. The van der Waals surface area contributed by atoms with Gasteiger partial charge in [0.1, 0.15) is 16.1 Å². The minimum absolute atomic E-state index is 0.164. The van der Waals surface area contributed by atoms with Crippen molar-refractivity contribution in [3.63, 3.8) is 0 Å². The monoisotopic (exact) mass is 270 g/mol. The molecule has 4 heteroatoms. The second kappa shape index (κ2) is 3.59. The summed E-state index contributed by atoms with van der Waals surface area (Å²) in [5, 5.41) is 0. The minimum atomic E-state index is -0.164. The van der Waals surface area contributed by atoms with Crippen molar-refractivity contribution in [2.24, 2.45) is 0 Å². The smallest absolute Gasteiger partial charge is 0.143 e. The third-order valence-electron chi connectivity index (χ3n) is 2.59. The zero-order chi connectivity index (χ0) is 11.2. The van der Waals surface area contributed by atoms with E-state index in [-0.39, 0.29) is 5.82 Å². The van der Waals surface area contributed by atoms with Gasteiger partial charge in [-0.15, -0.1) is 0 Å². The third kappa shape index (κ3) is 1.47. The summed E-state index contributed by atoms with van der Waals surface area (Å²) in [7, 11) is 0. The third-order valence-corrected chi connectivity index (χ3v) is 3.43. The van der Waals surface area contributed by atoms with E-state index in [0.29, 0.717) is 16.8 Å². The van der Waals surface area contributed by atoms with Gasteiger partial charge >= 0.3 is 0 Å². The van der Waals surface area contributed by atoms with Gasteiger partial charge in [-0.25, -0.2) is 9.37 Å². The largest absolute Gasteiger partial charge is 0.293 e. The van der Waals surface area contributed by atoms with Crippen LogP contribution in [-0.4, -0.2) is 9.38 Å². The van der Waals surface area contributed by atoms with Crippen LogP contribution < -0.4 is 0 Å². The molecule has 0 saturated heterocycles. The molecule has 0 aliphatic heterocycles. The fourth-order valence-corrected chi connectivity index (χ4v) is 2.35. The fourth-order valence-electron chi connectivity index (χ4n) is 1.71. The lowest BCUT2D eigenvalue weighted by molar-refractivity contribution is 0.607. The molecule has 2 aromatic rings. The Hall–Kier alpha value is -0.900. The molecule has 0 bridgehead atoms. The predicted molar refractivity (Wildman–Crippen MR) is 61.7 cm³/mol. The summed E-state index contributed by atoms with van der Waals surface area (Å²) in [6, 6.07) is 0. The highest BCUT2D eigenvalue weighted by atomic mass is 79.9. The summed E-state index contributed by atoms with van der Waals surface area (Å²) in [6.07, 6.45) is 2.61. The number of nitrogens with zero attached hydrogens (tertiary/aromatic N) is 2. The molecule has 0 saturated carbocycles. The van der Waals surface area contributed by atoms with Crippen LogP contribution in [0.1, 0.15) is 23.7 Å². The first-order chi connectivity index (χ1) is 7.06. The van der Waals surface area contributed by atoms with Gasteiger partial charge in [0.15, 0.2) is 0 Å². The fraction of sp³-hybridized carbons (Fsp3) is 0.364. The van der Waals surface area contributed by atoms with Gasteiger partial charge in [-0.05, 0) is 36.2 Å². The zero-order valence-electron chi connectivity index (χ0n) is 8.93. The van der Waals surface area contributed by atoms with Gasteiger partial charge in [-0.1, -0.05) is 6.92 Å². The number of aryl methyl sites for hydroxylation is 3. The lowest BCUT2D eigenvalue weighted by atomic mass is 10.2. The number of halogens is 2. The lowest BCUT2D eigenvalue weighted by Gasteiger charge is -2.03. The average molecular weight is 271 g/mol. The van der Waals surface area contributed by atoms with Gasteiger partial charge < -0.3 is 0 Å². The summed E-state index contributed by atoms with van der Waals surface area (Å²) in [5.74, 6) is -0.164. The van der Waals surface area contributed by atoms with E-state index >= 15 is 0 Å². The molecule has 2 nitrogen and oxygen atoms in total. The molecule has 2 aromatic heterocycles. The highest BCUT2D eigenvalue weighted by molar-refractivity contribution is 9.10. The Labute approximate surface area is 96.3 Å². The van der Waals surface area contributed by atoms with Crippen LogP contribution in [0.15, 0.2) is 10.8 Å². The van der Waals surface area contributed by atoms with Crippen LogP contribution in [0, 0.1) is 19.7 Å². The first-order valence-corrected chi connectivity index (χ1v) is 5.67. The Morgan fingerprint density at radius 1 is 1.47 bits per heavy atom. The number of pyridine rings is 1. The van der Waals surface area contributed by atoms with E-state index < -0.39 is 0 Å². The lowest BCUT2D eigenvalue weighted by Crippen LogP contribution is -1.95. The van der Waals surface area contributed by atoms with Crippen molar-refractivity contribution in [1.29, 1.82) is 0 Å². The molecular weight excluding hydrogens is 259 g/mol. The summed E-state index contributed by atoms with van der Waals surface area (Å²) >= 11 is 3.48. The maximum Gasteiger partial charge on any atom is 0.143 e. The van der Waals surface area contributed by atoms with Crippen LogP contribution >= 0.6 is 15.9 Å². The molecule has 0 N–H and O–H groups in total. The second-order valence-electron chi connectivity index (χ2n) is 3.65. The van der Waals surface area contributed by atoms with Crippen molar-refractivity contribution < 1.29 is 4.39 Å². The van der Waals surface area contributed by atoms with Gasteiger partial charge in [0.05, 0.1) is 5.69 Å². The van der Waals surface area contributed by atoms with Crippen molar-refractivity contribution in [3.05, 3.63) is 33.4 Å². The quantitative estimate of drug-likeness (QED) is 0.776. The summed E-state index contributed by atoms with van der Waals surface area (Å²) in [6.45, 7) is 5.56. The van der Waals surface area contributed by atoms with Crippen LogP contribution in [0.2, 0.25) is 0 Å². The van der Waals surface area contributed by atoms with Crippen molar-refractivity contribution in [1.82, 2.24) is 9.38 Å². The van der Waals surface area contributed by atoms with Crippen molar-refractivity contribution in [2.75, 3.05) is 0 Å². The molecule has 2 heterocycles. The molecule has 0 aliphatic carbocycles. The maximum absolute atomic E-state index is 13.6. The first kappa shape index (κ1) is 10.6. The van der Waals surface area contributed by atoms with Crippen LogP contribution in [0.25, 0.3) is 5.65 Å². The van der Waals surface area contributed by atoms with Gasteiger partial charge in [-0.2, -0.15) is 0 Å². The standard InChI is InChI=1S/C11H12BrFN2/c1-4-8-10(12)15-5-6(2)9(13)7(3)11(15)14-8/h5H,4H2,1-3H3. The molecule has 0 atom stereocenters. The predicted octanol–water partition coefficient (Wildman–Crippen LogP) is 3.42. The molecule has 0 amide bonds. The molecule has 0 radical (unpaired) electrons. The SMILES string of the molecule is CCc1nc2c(C)c(F)c(C)cn2c1Br.